The van der Waals surface area contributed by atoms with Crippen molar-refractivity contribution in [2.75, 3.05) is 0 Å². The monoisotopic (exact) mass is 601 g/mol. The third kappa shape index (κ3) is 7.05. The van der Waals surface area contributed by atoms with Gasteiger partial charge in [-0.25, -0.2) is 5.43 Å². The second-order valence-electron chi connectivity index (χ2n) is 9.79. The molecule has 1 N–H and O–H groups in total. The lowest BCUT2D eigenvalue weighted by Crippen LogP contribution is -2.16. The molecule has 0 radical (unpaired) electrons. The normalized spacial score (nSPS) is 11.2. The molecule has 0 saturated heterocycles. The molecule has 0 bridgehead atoms. The molecule has 0 saturated carbocycles. The first-order valence-electron chi connectivity index (χ1n) is 13.2. The number of nitrogens with zero attached hydrogens (tertiary/aromatic N) is 2. The molecule has 9 heteroatoms. The van der Waals surface area contributed by atoms with Gasteiger partial charge in [-0.05, 0) is 92.6 Å². The van der Waals surface area contributed by atoms with E-state index in [1.54, 1.807) is 24.3 Å². The zero-order valence-corrected chi connectivity index (χ0v) is 24.9. The summed E-state index contributed by atoms with van der Waals surface area (Å²) in [6, 6.07) is 26.5. The minimum absolute atomic E-state index is 0.107. The quantitative estimate of drug-likeness (QED) is 0.129. The van der Waals surface area contributed by atoms with E-state index < -0.39 is 5.91 Å². The summed E-state index contributed by atoms with van der Waals surface area (Å²) in [7, 11) is 0. The van der Waals surface area contributed by atoms with Crippen molar-refractivity contribution in [3.63, 3.8) is 0 Å². The van der Waals surface area contributed by atoms with Crippen LogP contribution in [0.1, 0.15) is 44.4 Å². The number of carbonyl (C=O) groups is 1. The molecule has 0 aliphatic carbocycles. The average molecular weight is 603 g/mol. The van der Waals surface area contributed by atoms with Crippen molar-refractivity contribution in [2.24, 2.45) is 5.10 Å². The fraction of sp³-hybridized carbons (Fsp3) is 0.152. The highest BCUT2D eigenvalue weighted by Crippen LogP contribution is 2.34. The molecule has 5 aromatic rings. The highest BCUT2D eigenvalue weighted by molar-refractivity contribution is 6.37. The standard InChI is InChI=1S/C33H29Cl2N3O4/c1-21-4-8-24(9-5-21)19-41-32-29(34)16-25(17-30(32)35)18-36-37-33(39)31-15-14-28(42-31)20-40-27-12-10-26(11-13-27)38-22(2)6-7-23(38)3/h4-18H,19-20H2,1-3H3,(H,37,39)/b36-18+. The lowest BCUT2D eigenvalue weighted by Gasteiger charge is -2.11. The number of amides is 1. The maximum absolute atomic E-state index is 12.5. The number of carbonyl (C=O) groups excluding carboxylic acids is 1. The van der Waals surface area contributed by atoms with Gasteiger partial charge in [0, 0.05) is 17.1 Å². The van der Waals surface area contributed by atoms with Gasteiger partial charge in [-0.3, -0.25) is 4.79 Å². The highest BCUT2D eigenvalue weighted by Gasteiger charge is 2.13. The van der Waals surface area contributed by atoms with Crippen molar-refractivity contribution in [3.8, 4) is 17.2 Å². The van der Waals surface area contributed by atoms with Crippen LogP contribution in [0.5, 0.6) is 11.5 Å². The Bertz CT molecular complexity index is 1680. The number of aryl methyl sites for hydroxylation is 3. The Hall–Kier alpha value is -4.46. The van der Waals surface area contributed by atoms with Crippen LogP contribution >= 0.6 is 23.2 Å². The Kier molecular flexibility index (Phi) is 9.00. The van der Waals surface area contributed by atoms with Crippen LogP contribution in [0, 0.1) is 20.8 Å². The first-order valence-corrected chi connectivity index (χ1v) is 14.0. The van der Waals surface area contributed by atoms with Crippen LogP contribution in [-0.2, 0) is 13.2 Å². The molecule has 2 aromatic heterocycles. The Balaban J connectivity index is 1.12. The van der Waals surface area contributed by atoms with Crippen LogP contribution in [-0.4, -0.2) is 16.7 Å². The van der Waals surface area contributed by atoms with E-state index in [4.69, 9.17) is 37.1 Å². The molecule has 0 aliphatic rings. The summed E-state index contributed by atoms with van der Waals surface area (Å²) < 4.78 is 19.5. The van der Waals surface area contributed by atoms with Crippen LogP contribution < -0.4 is 14.9 Å². The lowest BCUT2D eigenvalue weighted by molar-refractivity contribution is 0.0923. The molecule has 2 heterocycles. The van der Waals surface area contributed by atoms with E-state index in [0.29, 0.717) is 39.5 Å². The van der Waals surface area contributed by atoms with Crippen LogP contribution in [0.15, 0.2) is 94.4 Å². The summed E-state index contributed by atoms with van der Waals surface area (Å²) in [5.74, 6) is 1.18. The maximum atomic E-state index is 12.5. The first kappa shape index (κ1) is 29.0. The molecular weight excluding hydrogens is 573 g/mol. The van der Waals surface area contributed by atoms with Crippen molar-refractivity contribution >= 4 is 35.3 Å². The summed E-state index contributed by atoms with van der Waals surface area (Å²) in [5.41, 5.74) is 8.60. The molecule has 1 amide bonds. The molecule has 42 heavy (non-hydrogen) atoms. The van der Waals surface area contributed by atoms with Gasteiger partial charge in [-0.2, -0.15) is 5.10 Å². The van der Waals surface area contributed by atoms with Gasteiger partial charge in [-0.1, -0.05) is 53.0 Å². The predicted molar refractivity (Wildman–Crippen MR) is 165 cm³/mol. The van der Waals surface area contributed by atoms with Crippen LogP contribution in [0.4, 0.5) is 0 Å². The Labute approximate surface area is 254 Å². The van der Waals surface area contributed by atoms with Crippen molar-refractivity contribution in [1.29, 1.82) is 0 Å². The van der Waals surface area contributed by atoms with Crippen molar-refractivity contribution < 1.29 is 18.7 Å². The Morgan fingerprint density at radius 2 is 1.52 bits per heavy atom. The Morgan fingerprint density at radius 3 is 2.19 bits per heavy atom. The van der Waals surface area contributed by atoms with E-state index in [2.05, 4.69) is 41.1 Å². The van der Waals surface area contributed by atoms with Crippen molar-refractivity contribution in [1.82, 2.24) is 9.99 Å². The SMILES string of the molecule is Cc1ccc(COc2c(Cl)cc(/C=N/NC(=O)c3ccc(COc4ccc(-n5c(C)ccc5C)cc4)o3)cc2Cl)cc1. The number of rotatable bonds is 10. The first-order chi connectivity index (χ1) is 20.3. The lowest BCUT2D eigenvalue weighted by atomic mass is 10.2. The van der Waals surface area contributed by atoms with E-state index in [1.165, 1.54) is 11.8 Å². The summed E-state index contributed by atoms with van der Waals surface area (Å²) in [4.78, 5) is 12.5. The summed E-state index contributed by atoms with van der Waals surface area (Å²) in [6.07, 6.45) is 1.44. The maximum Gasteiger partial charge on any atom is 0.307 e. The number of aromatic nitrogens is 1. The number of hydrogen-bond donors (Lipinski definition) is 1. The zero-order valence-electron chi connectivity index (χ0n) is 23.4. The Morgan fingerprint density at radius 1 is 0.857 bits per heavy atom. The molecule has 5 rings (SSSR count). The number of ether oxygens (including phenoxy) is 2. The minimum atomic E-state index is -0.505. The predicted octanol–water partition coefficient (Wildman–Crippen LogP) is 8.22. The van der Waals surface area contributed by atoms with E-state index in [1.807, 2.05) is 55.5 Å². The third-order valence-corrected chi connectivity index (χ3v) is 7.10. The summed E-state index contributed by atoms with van der Waals surface area (Å²) >= 11 is 12.8. The molecule has 3 aromatic carbocycles. The number of halogens is 2. The van der Waals surface area contributed by atoms with Gasteiger partial charge in [0.15, 0.2) is 11.5 Å². The van der Waals surface area contributed by atoms with Gasteiger partial charge in [0.1, 0.15) is 24.7 Å². The third-order valence-electron chi connectivity index (χ3n) is 6.54. The van der Waals surface area contributed by atoms with Gasteiger partial charge >= 0.3 is 5.91 Å². The molecule has 0 unspecified atom stereocenters. The van der Waals surface area contributed by atoms with Crippen LogP contribution in [0.3, 0.4) is 0 Å². The fourth-order valence-electron chi connectivity index (χ4n) is 4.35. The van der Waals surface area contributed by atoms with Gasteiger partial charge < -0.3 is 18.5 Å². The average Bonchev–Trinajstić information content (AvgIpc) is 3.59. The molecule has 214 valence electrons. The molecule has 0 fully saturated rings. The number of furan rings is 1. The van der Waals surface area contributed by atoms with E-state index >= 15 is 0 Å². The summed E-state index contributed by atoms with van der Waals surface area (Å²) in [5, 5.41) is 4.67. The van der Waals surface area contributed by atoms with Gasteiger partial charge in [0.05, 0.1) is 16.3 Å². The molecule has 0 aliphatic heterocycles. The number of hydrazone groups is 1. The second-order valence-corrected chi connectivity index (χ2v) is 10.6. The summed E-state index contributed by atoms with van der Waals surface area (Å²) in [6.45, 7) is 6.67. The molecular formula is C33H29Cl2N3O4. The topological polar surface area (TPSA) is 78.0 Å². The van der Waals surface area contributed by atoms with E-state index in [0.717, 1.165) is 22.6 Å². The van der Waals surface area contributed by atoms with Crippen molar-refractivity contribution in [2.45, 2.75) is 34.0 Å². The zero-order chi connectivity index (χ0) is 29.6. The number of benzene rings is 3. The minimum Gasteiger partial charge on any atom is -0.486 e. The van der Waals surface area contributed by atoms with E-state index in [9.17, 15) is 4.79 Å². The van der Waals surface area contributed by atoms with Gasteiger partial charge in [-0.15, -0.1) is 0 Å². The van der Waals surface area contributed by atoms with Gasteiger partial charge in [0.2, 0.25) is 0 Å². The molecule has 7 nitrogen and oxygen atoms in total. The van der Waals surface area contributed by atoms with Crippen molar-refractivity contribution in [3.05, 3.63) is 135 Å². The molecule has 0 spiro atoms. The largest absolute Gasteiger partial charge is 0.486 e. The van der Waals surface area contributed by atoms with Crippen LogP contribution in [0.2, 0.25) is 10.0 Å². The number of hydrogen-bond acceptors (Lipinski definition) is 5. The van der Waals surface area contributed by atoms with Crippen LogP contribution in [0.25, 0.3) is 5.69 Å². The fourth-order valence-corrected chi connectivity index (χ4v) is 4.96. The van der Waals surface area contributed by atoms with E-state index in [-0.39, 0.29) is 12.4 Å². The number of nitrogens with one attached hydrogen (secondary N) is 1. The highest BCUT2D eigenvalue weighted by atomic mass is 35.5. The second kappa shape index (κ2) is 13.0. The molecule has 0 atom stereocenters. The van der Waals surface area contributed by atoms with Gasteiger partial charge in [0.25, 0.3) is 0 Å². The smallest absolute Gasteiger partial charge is 0.307 e.